The van der Waals surface area contributed by atoms with E-state index >= 15 is 0 Å². The summed E-state index contributed by atoms with van der Waals surface area (Å²) in [7, 11) is 0. The predicted molar refractivity (Wildman–Crippen MR) is 110 cm³/mol. The minimum atomic E-state index is -2.56. The van der Waals surface area contributed by atoms with Gasteiger partial charge in [0.2, 0.25) is 6.49 Å². The molecule has 1 aromatic carbocycles. The van der Waals surface area contributed by atoms with Crippen LogP contribution < -0.4 is 5.30 Å². The number of hydrogen-bond donors (Lipinski definition) is 0. The first-order valence-corrected chi connectivity index (χ1v) is 12.1. The molecule has 2 atom stereocenters. The average Bonchev–Trinajstić information content (AvgIpc) is 3.03. The molecule has 2 aliphatic rings. The van der Waals surface area contributed by atoms with Crippen molar-refractivity contribution in [3.05, 3.63) is 46.2 Å². The Morgan fingerprint density at radius 2 is 1.72 bits per heavy atom. The van der Waals surface area contributed by atoms with Gasteiger partial charge < -0.3 is 13.6 Å². The van der Waals surface area contributed by atoms with Gasteiger partial charge in [0.1, 0.15) is 4.33 Å². The summed E-state index contributed by atoms with van der Waals surface area (Å²) in [4.78, 5) is 0. The van der Waals surface area contributed by atoms with E-state index in [1.54, 1.807) is 0 Å². The summed E-state index contributed by atoms with van der Waals surface area (Å²) in [6.07, 6.45) is 0. The molecule has 8 heteroatoms. The number of hydrogen-bond acceptors (Lipinski definition) is 3. The van der Waals surface area contributed by atoms with Crippen molar-refractivity contribution in [3.8, 4) is 5.69 Å². The smallest absolute Gasteiger partial charge is 0.221 e. The van der Waals surface area contributed by atoms with Crippen LogP contribution in [0.2, 0.25) is 0 Å². The fraction of sp³-hybridized carbons (Fsp3) is 0.412. The molecule has 0 spiro atoms. The Balaban J connectivity index is 1.69. The summed E-state index contributed by atoms with van der Waals surface area (Å²) >= 11 is 21.8. The van der Waals surface area contributed by atoms with Crippen molar-refractivity contribution in [1.29, 1.82) is 0 Å². The van der Waals surface area contributed by atoms with E-state index in [1.165, 1.54) is 0 Å². The highest BCUT2D eigenvalue weighted by Gasteiger charge is 2.65. The van der Waals surface area contributed by atoms with Gasteiger partial charge in [0, 0.05) is 33.4 Å². The Labute approximate surface area is 170 Å². The third kappa shape index (κ3) is 3.06. The van der Waals surface area contributed by atoms with E-state index < -0.39 is 10.8 Å². The van der Waals surface area contributed by atoms with Crippen LogP contribution >= 0.6 is 45.6 Å². The summed E-state index contributed by atoms with van der Waals surface area (Å²) in [5.74, 6) is 0.214. The van der Waals surface area contributed by atoms with Crippen molar-refractivity contribution in [3.63, 3.8) is 0 Å². The molecule has 1 aliphatic heterocycles. The second-order valence-electron chi connectivity index (χ2n) is 6.54. The Morgan fingerprint density at radius 3 is 2.28 bits per heavy atom. The monoisotopic (exact) mass is 479 g/mol. The summed E-state index contributed by atoms with van der Waals surface area (Å²) in [6.45, 7) is 2.48. The number of halogens is 3. The van der Waals surface area contributed by atoms with Gasteiger partial charge >= 0.3 is 0 Å². The van der Waals surface area contributed by atoms with E-state index in [2.05, 4.69) is 52.5 Å². The molecule has 1 saturated carbocycles. The molecule has 134 valence electrons. The maximum Gasteiger partial charge on any atom is 0.221 e. The van der Waals surface area contributed by atoms with Gasteiger partial charge in [-0.3, -0.25) is 0 Å². The van der Waals surface area contributed by atoms with Crippen LogP contribution in [-0.4, -0.2) is 22.1 Å². The van der Waals surface area contributed by atoms with Crippen molar-refractivity contribution in [2.24, 2.45) is 11.8 Å². The molecule has 4 rings (SSSR count). The number of fused-ring (bicyclic) bond motifs is 1. The Morgan fingerprint density at radius 1 is 1.16 bits per heavy atom. The lowest BCUT2D eigenvalue weighted by Gasteiger charge is -2.22. The molecule has 1 aliphatic carbocycles. The molecule has 0 unspecified atom stereocenters. The van der Waals surface area contributed by atoms with Crippen LogP contribution in [0, 0.1) is 25.7 Å². The molecule has 2 heterocycles. The largest absolute Gasteiger partial charge is 0.326 e. The van der Waals surface area contributed by atoms with Gasteiger partial charge in [0.25, 0.3) is 0 Å². The van der Waals surface area contributed by atoms with E-state index in [9.17, 15) is 0 Å². The highest BCUT2D eigenvalue weighted by molar-refractivity contribution is 9.10. The lowest BCUT2D eigenvalue weighted by atomic mass is 10.3. The molecule has 2 fully saturated rings. The molecule has 0 N–H and O–H groups in total. The molecule has 25 heavy (non-hydrogen) atoms. The number of alkyl halides is 2. The molecular formula is C17H17BrCl2NO2PS. The summed E-state index contributed by atoms with van der Waals surface area (Å²) in [5.41, 5.74) is 3.25. The SMILES string of the molecule is Cc1cc(P2(=S)OC[C@H]3[C@H](CO2)C3(Cl)Cl)c(C)n1-c1ccc(Br)cc1. The molecule has 0 bridgehead atoms. The fourth-order valence-electron chi connectivity index (χ4n) is 3.46. The number of aryl methyl sites for hydroxylation is 1. The first-order valence-electron chi connectivity index (χ1n) is 7.96. The quantitative estimate of drug-likeness (QED) is 0.432. The van der Waals surface area contributed by atoms with Crippen molar-refractivity contribution in [2.45, 2.75) is 18.2 Å². The topological polar surface area (TPSA) is 23.4 Å². The molecule has 0 amide bonds. The maximum atomic E-state index is 6.25. The van der Waals surface area contributed by atoms with Crippen LogP contribution in [0.3, 0.4) is 0 Å². The summed E-state index contributed by atoms with van der Waals surface area (Å²) < 4.78 is 14.7. The zero-order valence-corrected chi connectivity index (χ0v) is 18.5. The van der Waals surface area contributed by atoms with Crippen molar-refractivity contribution in [2.75, 3.05) is 13.2 Å². The highest BCUT2D eigenvalue weighted by atomic mass is 79.9. The van der Waals surface area contributed by atoms with Crippen molar-refractivity contribution >= 4 is 62.7 Å². The lowest BCUT2D eigenvalue weighted by molar-refractivity contribution is 0.274. The van der Waals surface area contributed by atoms with E-state index in [-0.39, 0.29) is 11.8 Å². The van der Waals surface area contributed by atoms with E-state index in [4.69, 9.17) is 44.1 Å². The minimum absolute atomic E-state index is 0.107. The normalized spacial score (nSPS) is 26.8. The van der Waals surface area contributed by atoms with Gasteiger partial charge in [0.05, 0.1) is 18.5 Å². The maximum absolute atomic E-state index is 6.25. The summed E-state index contributed by atoms with van der Waals surface area (Å²) in [6, 6.07) is 10.3. The predicted octanol–water partition coefficient (Wildman–Crippen LogP) is 5.26. The van der Waals surface area contributed by atoms with Crippen LogP contribution in [-0.2, 0) is 20.9 Å². The first kappa shape index (κ1) is 18.5. The van der Waals surface area contributed by atoms with Gasteiger partial charge in [-0.15, -0.1) is 23.2 Å². The van der Waals surface area contributed by atoms with E-state index in [1.807, 2.05) is 12.1 Å². The van der Waals surface area contributed by atoms with E-state index in [0.717, 1.165) is 26.9 Å². The minimum Gasteiger partial charge on any atom is -0.326 e. The van der Waals surface area contributed by atoms with Gasteiger partial charge in [0.15, 0.2) is 0 Å². The second kappa shape index (κ2) is 6.34. The Hall–Kier alpha value is 0.130. The first-order chi connectivity index (χ1) is 11.7. The molecule has 2 aromatic rings. The number of aromatic nitrogens is 1. The van der Waals surface area contributed by atoms with Gasteiger partial charge in [-0.2, -0.15) is 0 Å². The zero-order chi connectivity index (χ0) is 18.0. The lowest BCUT2D eigenvalue weighted by Crippen LogP contribution is -2.15. The zero-order valence-electron chi connectivity index (χ0n) is 13.7. The fourth-order valence-corrected chi connectivity index (χ4v) is 7.28. The van der Waals surface area contributed by atoms with Crippen LogP contribution in [0.1, 0.15) is 11.4 Å². The molecule has 0 radical (unpaired) electrons. The van der Waals surface area contributed by atoms with Crippen LogP contribution in [0.25, 0.3) is 5.69 Å². The highest BCUT2D eigenvalue weighted by Crippen LogP contribution is 2.65. The number of nitrogens with zero attached hydrogens (tertiary/aromatic N) is 1. The van der Waals surface area contributed by atoms with Crippen LogP contribution in [0.15, 0.2) is 34.8 Å². The molecule has 3 nitrogen and oxygen atoms in total. The summed E-state index contributed by atoms with van der Waals surface area (Å²) in [5, 5.41) is 0.971. The second-order valence-corrected chi connectivity index (χ2v) is 12.3. The molecular weight excluding hydrogens is 464 g/mol. The van der Waals surface area contributed by atoms with Gasteiger partial charge in [-0.1, -0.05) is 15.9 Å². The molecule has 1 saturated heterocycles. The van der Waals surface area contributed by atoms with Crippen molar-refractivity contribution < 1.29 is 9.05 Å². The van der Waals surface area contributed by atoms with E-state index in [0.29, 0.717) is 13.2 Å². The molecule has 1 aromatic heterocycles. The number of rotatable bonds is 2. The van der Waals surface area contributed by atoms with Crippen LogP contribution in [0.5, 0.6) is 0 Å². The van der Waals surface area contributed by atoms with Crippen LogP contribution in [0.4, 0.5) is 0 Å². The average molecular weight is 481 g/mol. The number of benzene rings is 1. The Bertz CT molecular complexity index is 864. The van der Waals surface area contributed by atoms with Gasteiger partial charge in [-0.05, 0) is 56.0 Å². The third-order valence-electron chi connectivity index (χ3n) is 5.00. The van der Waals surface area contributed by atoms with Crippen molar-refractivity contribution in [1.82, 2.24) is 4.57 Å². The van der Waals surface area contributed by atoms with Gasteiger partial charge in [-0.25, -0.2) is 0 Å². The Kier molecular flexibility index (Phi) is 4.69. The standard InChI is InChI=1S/C17H17BrCl2NO2PS/c1-10-7-16(11(2)21(10)13-5-3-12(18)4-6-13)24(25)22-8-14-15(9-23-24)17(14,19)20/h3-7,14-15H,8-9H2,1-2H3/t14-,15-/m0/s1. The third-order valence-corrected chi connectivity index (χ3v) is 9.89.